The third kappa shape index (κ3) is 3.67. The number of carbonyl (C=O) groups is 2. The van der Waals surface area contributed by atoms with Gasteiger partial charge in [-0.15, -0.1) is 0 Å². The number of hydrogen-bond donors (Lipinski definition) is 1. The SMILES string of the molecule is COc1ccc(NC(=O)C(C)N2C(=O)COc3ccc([N+](=O)[O-])nc32)cc1Cl. The second-order valence-corrected chi connectivity index (χ2v) is 6.22. The van der Waals surface area contributed by atoms with Crippen molar-refractivity contribution in [3.63, 3.8) is 0 Å². The van der Waals surface area contributed by atoms with E-state index in [0.29, 0.717) is 16.5 Å². The summed E-state index contributed by atoms with van der Waals surface area (Å²) in [6.07, 6.45) is 0. The van der Waals surface area contributed by atoms with Gasteiger partial charge in [0.25, 0.3) is 11.7 Å². The van der Waals surface area contributed by atoms with Gasteiger partial charge in [-0.05, 0) is 41.1 Å². The molecule has 0 fully saturated rings. The number of rotatable bonds is 5. The Labute approximate surface area is 164 Å². The average Bonchev–Trinajstić information content (AvgIpc) is 2.67. The molecule has 1 unspecified atom stereocenters. The molecular weight excluding hydrogens is 392 g/mol. The van der Waals surface area contributed by atoms with Crippen LogP contribution in [-0.4, -0.2) is 41.5 Å². The molecule has 1 aliphatic heterocycles. The second-order valence-electron chi connectivity index (χ2n) is 5.82. The van der Waals surface area contributed by atoms with Crippen molar-refractivity contribution < 1.29 is 24.0 Å². The van der Waals surface area contributed by atoms with Gasteiger partial charge in [0.05, 0.1) is 12.1 Å². The Kier molecular flexibility index (Phi) is 5.32. The average molecular weight is 407 g/mol. The first-order chi connectivity index (χ1) is 13.3. The molecule has 0 spiro atoms. The fourth-order valence-corrected chi connectivity index (χ4v) is 2.90. The van der Waals surface area contributed by atoms with Crippen LogP contribution >= 0.6 is 11.6 Å². The van der Waals surface area contributed by atoms with E-state index >= 15 is 0 Å². The first kappa shape index (κ1) is 19.4. The molecule has 3 rings (SSSR count). The summed E-state index contributed by atoms with van der Waals surface area (Å²) in [7, 11) is 1.47. The lowest BCUT2D eigenvalue weighted by molar-refractivity contribution is -0.389. The molecule has 1 aromatic carbocycles. The third-order valence-electron chi connectivity index (χ3n) is 4.05. The maximum atomic E-state index is 12.7. The van der Waals surface area contributed by atoms with Gasteiger partial charge in [-0.25, -0.2) is 0 Å². The molecule has 28 heavy (non-hydrogen) atoms. The molecule has 1 atom stereocenters. The van der Waals surface area contributed by atoms with Crippen LogP contribution in [0.15, 0.2) is 30.3 Å². The molecule has 1 aromatic heterocycles. The molecule has 2 heterocycles. The van der Waals surface area contributed by atoms with Crippen molar-refractivity contribution in [2.75, 3.05) is 23.9 Å². The van der Waals surface area contributed by atoms with E-state index in [1.807, 2.05) is 0 Å². The lowest BCUT2D eigenvalue weighted by Gasteiger charge is -2.29. The van der Waals surface area contributed by atoms with Crippen LogP contribution < -0.4 is 19.7 Å². The minimum Gasteiger partial charge on any atom is -0.495 e. The summed E-state index contributed by atoms with van der Waals surface area (Å²) in [5, 5.41) is 13.9. The van der Waals surface area contributed by atoms with E-state index in [9.17, 15) is 19.7 Å². The number of carbonyl (C=O) groups excluding carboxylic acids is 2. The summed E-state index contributed by atoms with van der Waals surface area (Å²) in [6.45, 7) is 1.17. The van der Waals surface area contributed by atoms with Crippen LogP contribution in [0, 0.1) is 10.1 Å². The standard InChI is InChI=1S/C17H15ClN4O6/c1-9(17(24)19-10-3-4-12(27-2)11(18)7-10)21-15(23)8-28-13-5-6-14(22(25)26)20-16(13)21/h3-7,9H,8H2,1-2H3,(H,19,24). The van der Waals surface area contributed by atoms with Crippen molar-refractivity contribution in [1.29, 1.82) is 0 Å². The Balaban J connectivity index is 1.87. The van der Waals surface area contributed by atoms with Gasteiger partial charge in [-0.3, -0.25) is 14.5 Å². The van der Waals surface area contributed by atoms with Gasteiger partial charge in [-0.2, -0.15) is 0 Å². The van der Waals surface area contributed by atoms with Gasteiger partial charge in [-0.1, -0.05) is 11.6 Å². The number of benzene rings is 1. The van der Waals surface area contributed by atoms with Crippen LogP contribution in [0.3, 0.4) is 0 Å². The summed E-state index contributed by atoms with van der Waals surface area (Å²) in [5.41, 5.74) is 0.399. The van der Waals surface area contributed by atoms with Crippen molar-refractivity contribution in [2.24, 2.45) is 0 Å². The molecule has 0 aliphatic carbocycles. The summed E-state index contributed by atoms with van der Waals surface area (Å²) >= 11 is 6.05. The van der Waals surface area contributed by atoms with Crippen LogP contribution in [0.5, 0.6) is 11.5 Å². The molecule has 2 amide bonds. The largest absolute Gasteiger partial charge is 0.495 e. The van der Waals surface area contributed by atoms with Gasteiger partial charge in [0.15, 0.2) is 12.4 Å². The second kappa shape index (κ2) is 7.69. The van der Waals surface area contributed by atoms with Gasteiger partial charge >= 0.3 is 5.82 Å². The van der Waals surface area contributed by atoms with Crippen molar-refractivity contribution in [3.8, 4) is 11.5 Å². The zero-order chi connectivity index (χ0) is 20.4. The number of methoxy groups -OCH3 is 1. The highest BCUT2D eigenvalue weighted by molar-refractivity contribution is 6.32. The molecule has 0 saturated carbocycles. The summed E-state index contributed by atoms with van der Waals surface area (Å²) in [6, 6.07) is 6.18. The van der Waals surface area contributed by atoms with Crippen LogP contribution in [0.25, 0.3) is 0 Å². The third-order valence-corrected chi connectivity index (χ3v) is 4.34. The van der Waals surface area contributed by atoms with Crippen LogP contribution in [0.1, 0.15) is 6.92 Å². The number of halogens is 1. The lowest BCUT2D eigenvalue weighted by atomic mass is 10.2. The lowest BCUT2D eigenvalue weighted by Crippen LogP contribution is -2.50. The van der Waals surface area contributed by atoms with Gasteiger partial charge in [0.1, 0.15) is 11.8 Å². The van der Waals surface area contributed by atoms with Crippen LogP contribution in [0.2, 0.25) is 5.02 Å². The van der Waals surface area contributed by atoms with Gasteiger partial charge in [0, 0.05) is 11.8 Å². The number of hydrogen-bond acceptors (Lipinski definition) is 7. The zero-order valence-corrected chi connectivity index (χ0v) is 15.6. The van der Waals surface area contributed by atoms with E-state index in [1.54, 1.807) is 12.1 Å². The number of ether oxygens (including phenoxy) is 2. The molecular formula is C17H15ClN4O6. The fraction of sp³-hybridized carbons (Fsp3) is 0.235. The molecule has 0 saturated heterocycles. The Bertz CT molecular complexity index is 967. The fourth-order valence-electron chi connectivity index (χ4n) is 2.65. The van der Waals surface area contributed by atoms with Gasteiger partial charge in [0.2, 0.25) is 5.91 Å². The number of pyridine rings is 1. The Hall–Kier alpha value is -3.40. The molecule has 10 nitrogen and oxygen atoms in total. The number of nitrogens with one attached hydrogen (secondary N) is 1. The van der Waals surface area contributed by atoms with E-state index in [-0.39, 0.29) is 18.2 Å². The first-order valence-corrected chi connectivity index (χ1v) is 8.44. The van der Waals surface area contributed by atoms with Crippen LogP contribution in [-0.2, 0) is 9.59 Å². The maximum absolute atomic E-state index is 12.7. The summed E-state index contributed by atoms with van der Waals surface area (Å²) in [4.78, 5) is 40.3. The van der Waals surface area contributed by atoms with E-state index in [0.717, 1.165) is 11.0 Å². The highest BCUT2D eigenvalue weighted by Gasteiger charge is 2.38. The molecule has 0 bridgehead atoms. The zero-order valence-electron chi connectivity index (χ0n) is 14.8. The van der Waals surface area contributed by atoms with Gasteiger partial charge < -0.3 is 24.9 Å². The number of nitro groups is 1. The van der Waals surface area contributed by atoms with Crippen molar-refractivity contribution in [3.05, 3.63) is 45.5 Å². The number of nitrogens with zero attached hydrogens (tertiary/aromatic N) is 3. The summed E-state index contributed by atoms with van der Waals surface area (Å²) < 4.78 is 10.3. The molecule has 0 radical (unpaired) electrons. The molecule has 2 aromatic rings. The highest BCUT2D eigenvalue weighted by Crippen LogP contribution is 2.34. The minimum absolute atomic E-state index is 0.0825. The van der Waals surface area contributed by atoms with E-state index in [4.69, 9.17) is 21.1 Å². The monoisotopic (exact) mass is 406 g/mol. The quantitative estimate of drug-likeness (QED) is 0.597. The molecule has 11 heteroatoms. The van der Waals surface area contributed by atoms with Crippen LogP contribution in [0.4, 0.5) is 17.3 Å². The number of anilines is 2. The minimum atomic E-state index is -1.01. The topological polar surface area (TPSA) is 124 Å². The predicted molar refractivity (Wildman–Crippen MR) is 100.0 cm³/mol. The molecule has 1 N–H and O–H groups in total. The van der Waals surface area contributed by atoms with Crippen molar-refractivity contribution >= 4 is 40.7 Å². The van der Waals surface area contributed by atoms with E-state index in [2.05, 4.69) is 10.3 Å². The van der Waals surface area contributed by atoms with Crippen molar-refractivity contribution in [2.45, 2.75) is 13.0 Å². The number of aromatic nitrogens is 1. The Morgan fingerprint density at radius 2 is 2.18 bits per heavy atom. The number of amides is 2. The first-order valence-electron chi connectivity index (χ1n) is 8.06. The highest BCUT2D eigenvalue weighted by atomic mass is 35.5. The maximum Gasteiger partial charge on any atom is 0.366 e. The predicted octanol–water partition coefficient (Wildman–Crippen LogP) is 2.40. The molecule has 146 valence electrons. The van der Waals surface area contributed by atoms with E-state index in [1.165, 1.54) is 26.2 Å². The summed E-state index contributed by atoms with van der Waals surface area (Å²) in [5.74, 6) is -0.997. The smallest absolute Gasteiger partial charge is 0.366 e. The van der Waals surface area contributed by atoms with E-state index < -0.39 is 28.6 Å². The molecule has 1 aliphatic rings. The van der Waals surface area contributed by atoms with Crippen molar-refractivity contribution in [1.82, 2.24) is 4.98 Å². The normalized spacial score (nSPS) is 14.0. The Morgan fingerprint density at radius 1 is 1.43 bits per heavy atom. The number of fused-ring (bicyclic) bond motifs is 1. The Morgan fingerprint density at radius 3 is 2.82 bits per heavy atom.